The standard InChI is InChI=1S/C21H23N9O3/c1-28-10-12-29(13-11-28)21-25-19(23-16-4-6-17(7-5-16)30(32)33)24-20(26-21)27-22-14-15-2-8-18(31)9-3-15/h2-9,14,31H,10-13H2,1H3,(H2,23,24,25,26,27)/b22-14+. The molecule has 0 bridgehead atoms. The van der Waals surface area contributed by atoms with E-state index in [4.69, 9.17) is 0 Å². The molecule has 0 saturated carbocycles. The van der Waals surface area contributed by atoms with Gasteiger partial charge in [0, 0.05) is 44.0 Å². The lowest BCUT2D eigenvalue weighted by Gasteiger charge is -2.32. The number of hydrazone groups is 1. The number of hydrogen-bond donors (Lipinski definition) is 3. The highest BCUT2D eigenvalue weighted by molar-refractivity contribution is 5.80. The fourth-order valence-electron chi connectivity index (χ4n) is 3.14. The first-order valence-electron chi connectivity index (χ1n) is 10.3. The third kappa shape index (κ3) is 5.89. The fraction of sp³-hybridized carbons (Fsp3) is 0.238. The SMILES string of the molecule is CN1CCN(c2nc(N/N=C/c3ccc(O)cc3)nc(Nc3ccc([N+](=O)[O-])cc3)n2)CC1. The molecule has 12 nitrogen and oxygen atoms in total. The smallest absolute Gasteiger partial charge is 0.269 e. The van der Waals surface area contributed by atoms with Crippen molar-refractivity contribution in [2.45, 2.75) is 0 Å². The lowest BCUT2D eigenvalue weighted by molar-refractivity contribution is -0.384. The van der Waals surface area contributed by atoms with Crippen LogP contribution in [-0.2, 0) is 0 Å². The minimum absolute atomic E-state index is 0.000228. The number of likely N-dealkylation sites (N-methyl/N-ethyl adjacent to an activating group) is 1. The van der Waals surface area contributed by atoms with Gasteiger partial charge < -0.3 is 20.2 Å². The summed E-state index contributed by atoms with van der Waals surface area (Å²) in [5.41, 5.74) is 4.22. The molecule has 1 aliphatic heterocycles. The molecule has 0 radical (unpaired) electrons. The van der Waals surface area contributed by atoms with Gasteiger partial charge in [-0.05, 0) is 49.0 Å². The predicted octanol–water partition coefficient (Wildman–Crippen LogP) is 2.43. The van der Waals surface area contributed by atoms with E-state index in [1.807, 2.05) is 0 Å². The lowest BCUT2D eigenvalue weighted by Crippen LogP contribution is -2.45. The van der Waals surface area contributed by atoms with Crippen LogP contribution in [-0.4, -0.2) is 69.3 Å². The van der Waals surface area contributed by atoms with Gasteiger partial charge in [0.25, 0.3) is 5.69 Å². The van der Waals surface area contributed by atoms with Gasteiger partial charge in [0.15, 0.2) is 0 Å². The van der Waals surface area contributed by atoms with Crippen molar-refractivity contribution < 1.29 is 10.0 Å². The summed E-state index contributed by atoms with van der Waals surface area (Å²) < 4.78 is 0. The van der Waals surface area contributed by atoms with Crippen LogP contribution in [0, 0.1) is 10.1 Å². The largest absolute Gasteiger partial charge is 0.508 e. The molecule has 3 N–H and O–H groups in total. The Morgan fingerprint density at radius 2 is 1.67 bits per heavy atom. The van der Waals surface area contributed by atoms with Crippen LogP contribution in [0.25, 0.3) is 0 Å². The summed E-state index contributed by atoms with van der Waals surface area (Å²) in [6.45, 7) is 3.32. The fourth-order valence-corrected chi connectivity index (χ4v) is 3.14. The van der Waals surface area contributed by atoms with Crippen LogP contribution in [0.5, 0.6) is 5.75 Å². The number of rotatable bonds is 7. The number of phenols is 1. The monoisotopic (exact) mass is 449 g/mol. The van der Waals surface area contributed by atoms with Gasteiger partial charge in [-0.3, -0.25) is 10.1 Å². The molecule has 1 aromatic heterocycles. The highest BCUT2D eigenvalue weighted by Gasteiger charge is 2.18. The second-order valence-electron chi connectivity index (χ2n) is 7.46. The van der Waals surface area contributed by atoms with Gasteiger partial charge in [-0.25, -0.2) is 5.43 Å². The van der Waals surface area contributed by atoms with Crippen molar-refractivity contribution >= 4 is 35.4 Å². The van der Waals surface area contributed by atoms with Crippen molar-refractivity contribution in [1.82, 2.24) is 19.9 Å². The zero-order valence-corrected chi connectivity index (χ0v) is 17.9. The Labute approximate surface area is 189 Å². The molecular formula is C21H23N9O3. The molecule has 0 unspecified atom stereocenters. The summed E-state index contributed by atoms with van der Waals surface area (Å²) in [7, 11) is 2.07. The number of nitro groups is 1. The molecule has 0 amide bonds. The van der Waals surface area contributed by atoms with Crippen LogP contribution < -0.4 is 15.6 Å². The Hall–Kier alpha value is -4.32. The molecule has 12 heteroatoms. The van der Waals surface area contributed by atoms with E-state index in [9.17, 15) is 15.2 Å². The Bertz CT molecular complexity index is 1130. The minimum Gasteiger partial charge on any atom is -0.508 e. The quantitative estimate of drug-likeness (QED) is 0.279. The minimum atomic E-state index is -0.452. The first kappa shape index (κ1) is 21.9. The van der Waals surface area contributed by atoms with Gasteiger partial charge >= 0.3 is 0 Å². The van der Waals surface area contributed by atoms with E-state index >= 15 is 0 Å². The summed E-state index contributed by atoms with van der Waals surface area (Å²) in [6.07, 6.45) is 1.59. The molecule has 3 aromatic rings. The van der Waals surface area contributed by atoms with Gasteiger partial charge in [-0.15, -0.1) is 0 Å². The van der Waals surface area contributed by atoms with Crippen molar-refractivity contribution in [1.29, 1.82) is 0 Å². The molecule has 1 saturated heterocycles. The molecule has 2 heterocycles. The number of benzene rings is 2. The number of hydrogen-bond acceptors (Lipinski definition) is 11. The first-order chi connectivity index (χ1) is 16.0. The van der Waals surface area contributed by atoms with E-state index < -0.39 is 4.92 Å². The molecule has 0 atom stereocenters. The van der Waals surface area contributed by atoms with Crippen molar-refractivity contribution in [2.24, 2.45) is 5.10 Å². The number of piperazine rings is 1. The van der Waals surface area contributed by atoms with Gasteiger partial charge in [-0.2, -0.15) is 20.1 Å². The topological polar surface area (TPSA) is 145 Å². The van der Waals surface area contributed by atoms with E-state index in [0.29, 0.717) is 11.6 Å². The number of aromatic hydroxyl groups is 1. The molecule has 0 spiro atoms. The zero-order chi connectivity index (χ0) is 23.2. The Morgan fingerprint density at radius 1 is 1.00 bits per heavy atom. The molecule has 1 aliphatic rings. The van der Waals surface area contributed by atoms with Gasteiger partial charge in [-0.1, -0.05) is 0 Å². The number of aromatic nitrogens is 3. The Balaban J connectivity index is 1.55. The number of nitrogens with zero attached hydrogens (tertiary/aromatic N) is 7. The number of non-ortho nitro benzene ring substituents is 1. The van der Waals surface area contributed by atoms with Crippen LogP contribution in [0.4, 0.5) is 29.2 Å². The average Bonchev–Trinajstić information content (AvgIpc) is 2.81. The van der Waals surface area contributed by atoms with Crippen LogP contribution in [0.3, 0.4) is 0 Å². The second kappa shape index (κ2) is 9.87. The van der Waals surface area contributed by atoms with Crippen LogP contribution in [0.15, 0.2) is 53.6 Å². The van der Waals surface area contributed by atoms with Crippen molar-refractivity contribution in [3.05, 3.63) is 64.2 Å². The predicted molar refractivity (Wildman–Crippen MR) is 125 cm³/mol. The van der Waals surface area contributed by atoms with E-state index in [-0.39, 0.29) is 23.3 Å². The molecule has 170 valence electrons. The third-order valence-corrected chi connectivity index (χ3v) is 5.02. The number of nitrogens with one attached hydrogen (secondary N) is 2. The van der Waals surface area contributed by atoms with Gasteiger partial charge in [0.05, 0.1) is 11.1 Å². The second-order valence-corrected chi connectivity index (χ2v) is 7.46. The summed E-state index contributed by atoms with van der Waals surface area (Å²) in [5.74, 6) is 1.22. The van der Waals surface area contributed by atoms with E-state index in [2.05, 4.69) is 47.6 Å². The van der Waals surface area contributed by atoms with Crippen LogP contribution >= 0.6 is 0 Å². The lowest BCUT2D eigenvalue weighted by atomic mass is 10.2. The molecular weight excluding hydrogens is 426 g/mol. The van der Waals surface area contributed by atoms with Gasteiger partial charge in [0.1, 0.15) is 5.75 Å². The van der Waals surface area contributed by atoms with E-state index in [1.54, 1.807) is 42.6 Å². The maximum Gasteiger partial charge on any atom is 0.269 e. The van der Waals surface area contributed by atoms with E-state index in [1.165, 1.54) is 12.1 Å². The summed E-state index contributed by atoms with van der Waals surface area (Å²) in [4.78, 5) is 28.1. The molecule has 2 aromatic carbocycles. The molecule has 33 heavy (non-hydrogen) atoms. The first-order valence-corrected chi connectivity index (χ1v) is 10.3. The highest BCUT2D eigenvalue weighted by atomic mass is 16.6. The molecule has 1 fully saturated rings. The van der Waals surface area contributed by atoms with E-state index in [0.717, 1.165) is 31.7 Å². The maximum atomic E-state index is 10.9. The number of nitro benzene ring substituents is 1. The average molecular weight is 449 g/mol. The normalized spacial score (nSPS) is 14.4. The summed E-state index contributed by atoms with van der Waals surface area (Å²) in [6, 6.07) is 12.6. The summed E-state index contributed by atoms with van der Waals surface area (Å²) >= 11 is 0. The molecule has 0 aliphatic carbocycles. The number of phenolic OH excluding ortho intramolecular Hbond substituents is 1. The van der Waals surface area contributed by atoms with Crippen LogP contribution in [0.2, 0.25) is 0 Å². The van der Waals surface area contributed by atoms with Crippen molar-refractivity contribution in [3.63, 3.8) is 0 Å². The number of anilines is 4. The summed E-state index contributed by atoms with van der Waals surface area (Å²) in [5, 5.41) is 27.5. The van der Waals surface area contributed by atoms with Gasteiger partial charge in [0.2, 0.25) is 17.8 Å². The van der Waals surface area contributed by atoms with Crippen LogP contribution in [0.1, 0.15) is 5.56 Å². The Kier molecular flexibility index (Phi) is 6.55. The Morgan fingerprint density at radius 3 is 2.33 bits per heavy atom. The third-order valence-electron chi connectivity index (χ3n) is 5.02. The van der Waals surface area contributed by atoms with Crippen molar-refractivity contribution in [2.75, 3.05) is 48.9 Å². The molecule has 4 rings (SSSR count). The maximum absolute atomic E-state index is 10.9. The highest BCUT2D eigenvalue weighted by Crippen LogP contribution is 2.21. The zero-order valence-electron chi connectivity index (χ0n) is 17.9. The van der Waals surface area contributed by atoms with Crippen molar-refractivity contribution in [3.8, 4) is 5.75 Å².